The van der Waals surface area contributed by atoms with Crippen LogP contribution in [0, 0.1) is 0 Å². The van der Waals surface area contributed by atoms with Crippen LogP contribution in [0.25, 0.3) is 0 Å². The molecule has 0 unspecified atom stereocenters. The number of hydrogen-bond acceptors (Lipinski definition) is 0. The lowest BCUT2D eigenvalue weighted by molar-refractivity contribution is -0.0884. The molecule has 0 aliphatic heterocycles. The van der Waals surface area contributed by atoms with Gasteiger partial charge in [0.05, 0.1) is 5.57 Å². The van der Waals surface area contributed by atoms with Gasteiger partial charge in [0.1, 0.15) is 0 Å². The van der Waals surface area contributed by atoms with Crippen LogP contribution in [0.5, 0.6) is 0 Å². The first-order valence-electron chi connectivity index (χ1n) is 4.42. The van der Waals surface area contributed by atoms with Crippen molar-refractivity contribution < 1.29 is 13.2 Å². The molecule has 0 saturated carbocycles. The quantitative estimate of drug-likeness (QED) is 0.451. The summed E-state index contributed by atoms with van der Waals surface area (Å²) in [6.45, 7) is 5.15. The predicted octanol–water partition coefficient (Wildman–Crippen LogP) is 4.24. The van der Waals surface area contributed by atoms with Crippen molar-refractivity contribution in [3.8, 4) is 0 Å². The van der Waals surface area contributed by atoms with Gasteiger partial charge >= 0.3 is 6.18 Å². The molecule has 0 radical (unpaired) electrons. The third-order valence-corrected chi connectivity index (χ3v) is 1.72. The minimum atomic E-state index is -4.24. The second-order valence-corrected chi connectivity index (χ2v) is 2.86. The third kappa shape index (κ3) is 5.50. The summed E-state index contributed by atoms with van der Waals surface area (Å²) in [6, 6.07) is 0. The third-order valence-electron chi connectivity index (χ3n) is 1.72. The van der Waals surface area contributed by atoms with Crippen molar-refractivity contribution in [1.29, 1.82) is 0 Å². The van der Waals surface area contributed by atoms with E-state index in [1.807, 2.05) is 6.92 Å². The Kier molecular flexibility index (Phi) is 5.51. The SMILES string of the molecule is C=C/C(=C\CCCCC)C(F)(F)F. The molecule has 3 heteroatoms. The zero-order valence-electron chi connectivity index (χ0n) is 7.82. The maximum atomic E-state index is 12.1. The van der Waals surface area contributed by atoms with Crippen LogP contribution in [0.1, 0.15) is 32.6 Å². The molecular weight excluding hydrogens is 177 g/mol. The van der Waals surface area contributed by atoms with Gasteiger partial charge in [-0.05, 0) is 12.8 Å². The van der Waals surface area contributed by atoms with Crippen LogP contribution in [0.15, 0.2) is 24.3 Å². The van der Waals surface area contributed by atoms with Gasteiger partial charge in [-0.15, -0.1) is 0 Å². The highest BCUT2D eigenvalue weighted by Crippen LogP contribution is 2.26. The summed E-state index contributed by atoms with van der Waals surface area (Å²) in [6.07, 6.45) is 1.11. The average molecular weight is 192 g/mol. The highest BCUT2D eigenvalue weighted by atomic mass is 19.4. The molecule has 0 bridgehead atoms. The largest absolute Gasteiger partial charge is 0.416 e. The molecule has 0 saturated heterocycles. The molecule has 0 N–H and O–H groups in total. The van der Waals surface area contributed by atoms with Gasteiger partial charge in [-0.3, -0.25) is 0 Å². The molecule has 0 atom stereocenters. The summed E-state index contributed by atoms with van der Waals surface area (Å²) >= 11 is 0. The second-order valence-electron chi connectivity index (χ2n) is 2.86. The first-order chi connectivity index (χ1) is 6.02. The lowest BCUT2D eigenvalue weighted by Gasteiger charge is -2.06. The first-order valence-corrected chi connectivity index (χ1v) is 4.42. The van der Waals surface area contributed by atoms with Gasteiger partial charge < -0.3 is 0 Å². The van der Waals surface area contributed by atoms with Crippen LogP contribution in [-0.4, -0.2) is 6.18 Å². The zero-order valence-corrected chi connectivity index (χ0v) is 7.82. The van der Waals surface area contributed by atoms with Crippen LogP contribution in [0.4, 0.5) is 13.2 Å². The van der Waals surface area contributed by atoms with Crippen molar-refractivity contribution in [2.24, 2.45) is 0 Å². The van der Waals surface area contributed by atoms with Crippen molar-refractivity contribution in [3.63, 3.8) is 0 Å². The topological polar surface area (TPSA) is 0 Å². The van der Waals surface area contributed by atoms with E-state index in [2.05, 4.69) is 6.58 Å². The van der Waals surface area contributed by atoms with Gasteiger partial charge in [0.15, 0.2) is 0 Å². The summed E-state index contributed by atoms with van der Waals surface area (Å²) < 4.78 is 36.3. The monoisotopic (exact) mass is 192 g/mol. The molecular formula is C10H15F3. The smallest absolute Gasteiger partial charge is 0.166 e. The maximum Gasteiger partial charge on any atom is 0.416 e. The second kappa shape index (κ2) is 5.84. The molecule has 76 valence electrons. The van der Waals surface area contributed by atoms with Gasteiger partial charge in [-0.1, -0.05) is 38.5 Å². The maximum absolute atomic E-state index is 12.1. The highest BCUT2D eigenvalue weighted by molar-refractivity contribution is 5.21. The summed E-state index contributed by atoms with van der Waals surface area (Å²) in [5, 5.41) is 0. The van der Waals surface area contributed by atoms with Gasteiger partial charge in [0.25, 0.3) is 0 Å². The molecule has 0 aliphatic carbocycles. The number of rotatable bonds is 5. The Labute approximate surface area is 77.1 Å². The molecule has 0 spiro atoms. The summed E-state index contributed by atoms with van der Waals surface area (Å²) in [5.41, 5.74) is -0.622. The van der Waals surface area contributed by atoms with E-state index in [0.29, 0.717) is 6.42 Å². The zero-order chi connectivity index (χ0) is 10.3. The minimum Gasteiger partial charge on any atom is -0.166 e. The van der Waals surface area contributed by atoms with Crippen LogP contribution in [0.3, 0.4) is 0 Å². The van der Waals surface area contributed by atoms with Crippen LogP contribution in [-0.2, 0) is 0 Å². The number of alkyl halides is 3. The van der Waals surface area contributed by atoms with E-state index < -0.39 is 11.7 Å². The van der Waals surface area contributed by atoms with Crippen molar-refractivity contribution in [2.75, 3.05) is 0 Å². The Morgan fingerprint density at radius 2 is 1.92 bits per heavy atom. The van der Waals surface area contributed by atoms with E-state index in [0.717, 1.165) is 25.3 Å². The van der Waals surface area contributed by atoms with Crippen molar-refractivity contribution in [1.82, 2.24) is 0 Å². The molecule has 0 rings (SSSR count). The van der Waals surface area contributed by atoms with Crippen LogP contribution < -0.4 is 0 Å². The summed E-state index contributed by atoms with van der Waals surface area (Å²) in [4.78, 5) is 0. The van der Waals surface area contributed by atoms with E-state index in [-0.39, 0.29) is 0 Å². The average Bonchev–Trinajstić information content (AvgIpc) is 2.02. The molecule has 13 heavy (non-hydrogen) atoms. The minimum absolute atomic E-state index is 0.481. The van der Waals surface area contributed by atoms with Crippen LogP contribution >= 0.6 is 0 Å². The van der Waals surface area contributed by atoms with E-state index in [1.165, 1.54) is 6.08 Å². The van der Waals surface area contributed by atoms with Gasteiger partial charge in [-0.2, -0.15) is 13.2 Å². The van der Waals surface area contributed by atoms with Crippen molar-refractivity contribution in [2.45, 2.75) is 38.8 Å². The fourth-order valence-electron chi connectivity index (χ4n) is 0.967. The normalized spacial score (nSPS) is 13.1. The number of halogens is 3. The van der Waals surface area contributed by atoms with Crippen molar-refractivity contribution in [3.05, 3.63) is 24.3 Å². The fourth-order valence-corrected chi connectivity index (χ4v) is 0.967. The molecule has 0 fully saturated rings. The standard InChI is InChI=1S/C10H15F3/c1-3-5-6-7-8-9(4-2)10(11,12)13/h4,8H,2-3,5-7H2,1H3/b9-8+. The van der Waals surface area contributed by atoms with Gasteiger partial charge in [0.2, 0.25) is 0 Å². The molecule has 0 nitrogen and oxygen atoms in total. The Morgan fingerprint density at radius 1 is 1.31 bits per heavy atom. The highest BCUT2D eigenvalue weighted by Gasteiger charge is 2.30. The Hall–Kier alpha value is -0.730. The predicted molar refractivity (Wildman–Crippen MR) is 48.5 cm³/mol. The molecule has 0 amide bonds. The summed E-state index contributed by atoms with van der Waals surface area (Å²) in [5.74, 6) is 0. The van der Waals surface area contributed by atoms with E-state index in [9.17, 15) is 13.2 Å². The summed E-state index contributed by atoms with van der Waals surface area (Å²) in [7, 11) is 0. The number of hydrogen-bond donors (Lipinski definition) is 0. The lowest BCUT2D eigenvalue weighted by atomic mass is 10.1. The first kappa shape index (κ1) is 12.3. The molecule has 0 aliphatic rings. The van der Waals surface area contributed by atoms with Gasteiger partial charge in [-0.25, -0.2) is 0 Å². The number of unbranched alkanes of at least 4 members (excludes halogenated alkanes) is 3. The van der Waals surface area contributed by atoms with Crippen LogP contribution in [0.2, 0.25) is 0 Å². The van der Waals surface area contributed by atoms with Crippen molar-refractivity contribution >= 4 is 0 Å². The Morgan fingerprint density at radius 3 is 2.31 bits per heavy atom. The molecule has 0 aromatic rings. The van der Waals surface area contributed by atoms with Gasteiger partial charge in [0, 0.05) is 0 Å². The fraction of sp³-hybridized carbons (Fsp3) is 0.600. The lowest BCUT2D eigenvalue weighted by Crippen LogP contribution is -2.09. The van der Waals surface area contributed by atoms with E-state index in [1.54, 1.807) is 0 Å². The Bertz CT molecular complexity index is 177. The Balaban J connectivity index is 4.01. The van der Waals surface area contributed by atoms with E-state index in [4.69, 9.17) is 0 Å². The molecule has 0 aromatic heterocycles. The van der Waals surface area contributed by atoms with E-state index >= 15 is 0 Å². The molecule has 0 heterocycles. The number of allylic oxidation sites excluding steroid dienone is 3. The molecule has 0 aromatic carbocycles.